The highest BCUT2D eigenvalue weighted by molar-refractivity contribution is 5.96. The standard InChI is InChI=1S/C12H12N4O3/c13-11(17)5-7-14-9-4-6-15-12-8(9)2-1-3-10(12)16(18)19/h1-4,6H,5,7H2,(H2,13,17)(H,14,15). The Morgan fingerprint density at radius 2 is 2.21 bits per heavy atom. The van der Waals surface area contributed by atoms with Crippen LogP contribution >= 0.6 is 0 Å². The molecule has 0 saturated carbocycles. The highest BCUT2D eigenvalue weighted by atomic mass is 16.6. The number of nitro groups is 1. The number of pyridine rings is 1. The average molecular weight is 260 g/mol. The number of benzene rings is 1. The van der Waals surface area contributed by atoms with E-state index in [1.165, 1.54) is 12.3 Å². The predicted molar refractivity (Wildman–Crippen MR) is 70.7 cm³/mol. The first-order valence-corrected chi connectivity index (χ1v) is 5.64. The van der Waals surface area contributed by atoms with E-state index in [1.54, 1.807) is 18.2 Å². The summed E-state index contributed by atoms with van der Waals surface area (Å²) in [6, 6.07) is 6.44. The number of hydrogen-bond donors (Lipinski definition) is 2. The van der Waals surface area contributed by atoms with Gasteiger partial charge in [-0.15, -0.1) is 0 Å². The fraction of sp³-hybridized carbons (Fsp3) is 0.167. The fourth-order valence-electron chi connectivity index (χ4n) is 1.78. The number of nitro benzene ring substituents is 1. The van der Waals surface area contributed by atoms with Crippen LogP contribution in [0, 0.1) is 10.1 Å². The minimum atomic E-state index is -0.470. The van der Waals surface area contributed by atoms with E-state index in [-0.39, 0.29) is 12.1 Å². The van der Waals surface area contributed by atoms with E-state index in [0.717, 1.165) is 0 Å². The summed E-state index contributed by atoms with van der Waals surface area (Å²) in [4.78, 5) is 25.2. The van der Waals surface area contributed by atoms with Crippen LogP contribution in [0.1, 0.15) is 6.42 Å². The lowest BCUT2D eigenvalue weighted by atomic mass is 10.1. The number of fused-ring (bicyclic) bond motifs is 1. The molecule has 0 aliphatic rings. The van der Waals surface area contributed by atoms with E-state index in [2.05, 4.69) is 10.3 Å². The normalized spacial score (nSPS) is 10.3. The topological polar surface area (TPSA) is 111 Å². The molecular formula is C12H12N4O3. The molecule has 2 aromatic rings. The monoisotopic (exact) mass is 260 g/mol. The van der Waals surface area contributed by atoms with Gasteiger partial charge in [0.1, 0.15) is 5.52 Å². The van der Waals surface area contributed by atoms with E-state index in [4.69, 9.17) is 5.73 Å². The number of para-hydroxylation sites is 1. The Labute approximate surface area is 108 Å². The molecule has 2 rings (SSSR count). The molecule has 7 heteroatoms. The molecule has 1 aromatic carbocycles. The second-order valence-electron chi connectivity index (χ2n) is 3.93. The van der Waals surface area contributed by atoms with Crippen LogP contribution in [0.25, 0.3) is 10.9 Å². The third-order valence-electron chi connectivity index (χ3n) is 2.63. The van der Waals surface area contributed by atoms with Gasteiger partial charge >= 0.3 is 0 Å². The first-order chi connectivity index (χ1) is 9.09. The lowest BCUT2D eigenvalue weighted by molar-refractivity contribution is -0.383. The maximum atomic E-state index is 10.9. The van der Waals surface area contributed by atoms with Crippen LogP contribution in [0.4, 0.5) is 11.4 Å². The van der Waals surface area contributed by atoms with Gasteiger partial charge in [0.25, 0.3) is 5.69 Å². The van der Waals surface area contributed by atoms with Crippen molar-refractivity contribution in [3.63, 3.8) is 0 Å². The summed E-state index contributed by atoms with van der Waals surface area (Å²) >= 11 is 0. The highest BCUT2D eigenvalue weighted by Gasteiger charge is 2.14. The highest BCUT2D eigenvalue weighted by Crippen LogP contribution is 2.28. The number of nitrogens with two attached hydrogens (primary N) is 1. The third-order valence-corrected chi connectivity index (χ3v) is 2.63. The number of hydrogen-bond acceptors (Lipinski definition) is 5. The number of anilines is 1. The molecule has 1 heterocycles. The second-order valence-corrected chi connectivity index (χ2v) is 3.93. The molecule has 1 amide bonds. The Bertz CT molecular complexity index is 642. The van der Waals surface area contributed by atoms with E-state index in [1.807, 2.05) is 0 Å². The molecule has 7 nitrogen and oxygen atoms in total. The molecule has 0 aliphatic heterocycles. The third kappa shape index (κ3) is 2.76. The summed E-state index contributed by atoms with van der Waals surface area (Å²) < 4.78 is 0. The molecule has 0 spiro atoms. The van der Waals surface area contributed by atoms with Gasteiger partial charge in [0.05, 0.1) is 4.92 Å². The molecule has 3 N–H and O–H groups in total. The van der Waals surface area contributed by atoms with Gasteiger partial charge in [-0.05, 0) is 6.07 Å². The molecule has 0 bridgehead atoms. The number of carbonyl (C=O) groups is 1. The maximum Gasteiger partial charge on any atom is 0.295 e. The van der Waals surface area contributed by atoms with E-state index >= 15 is 0 Å². The summed E-state index contributed by atoms with van der Waals surface area (Å²) in [6.07, 6.45) is 1.68. The second kappa shape index (κ2) is 5.30. The van der Waals surface area contributed by atoms with Crippen molar-refractivity contribution in [2.45, 2.75) is 6.42 Å². The van der Waals surface area contributed by atoms with Crippen LogP contribution in [-0.4, -0.2) is 22.4 Å². The Morgan fingerprint density at radius 3 is 2.89 bits per heavy atom. The number of aromatic nitrogens is 1. The smallest absolute Gasteiger partial charge is 0.295 e. The molecular weight excluding hydrogens is 248 g/mol. The van der Waals surface area contributed by atoms with Crippen molar-refractivity contribution in [2.75, 3.05) is 11.9 Å². The minimum Gasteiger partial charge on any atom is -0.384 e. The van der Waals surface area contributed by atoms with Crippen molar-refractivity contribution in [3.8, 4) is 0 Å². The number of carbonyl (C=O) groups excluding carboxylic acids is 1. The lowest BCUT2D eigenvalue weighted by Gasteiger charge is -2.08. The fourth-order valence-corrected chi connectivity index (χ4v) is 1.78. The van der Waals surface area contributed by atoms with Gasteiger partial charge < -0.3 is 11.1 Å². The zero-order valence-corrected chi connectivity index (χ0v) is 10.00. The largest absolute Gasteiger partial charge is 0.384 e. The van der Waals surface area contributed by atoms with Crippen molar-refractivity contribution >= 4 is 28.2 Å². The van der Waals surface area contributed by atoms with Crippen molar-refractivity contribution in [2.24, 2.45) is 5.73 Å². The van der Waals surface area contributed by atoms with Crippen LogP contribution in [0.2, 0.25) is 0 Å². The molecule has 0 unspecified atom stereocenters. The number of non-ortho nitro benzene ring substituents is 1. The van der Waals surface area contributed by atoms with Crippen LogP contribution in [0.15, 0.2) is 30.5 Å². The zero-order chi connectivity index (χ0) is 13.8. The Balaban J connectivity index is 2.38. The molecule has 1 aromatic heterocycles. The molecule has 98 valence electrons. The quantitative estimate of drug-likeness (QED) is 0.624. The molecule has 0 saturated heterocycles. The van der Waals surface area contributed by atoms with Crippen LogP contribution < -0.4 is 11.1 Å². The van der Waals surface area contributed by atoms with Gasteiger partial charge in [0, 0.05) is 36.3 Å². The Kier molecular flexibility index (Phi) is 3.56. The van der Waals surface area contributed by atoms with Gasteiger partial charge in [-0.3, -0.25) is 14.9 Å². The van der Waals surface area contributed by atoms with Crippen LogP contribution in [0.5, 0.6) is 0 Å². The summed E-state index contributed by atoms with van der Waals surface area (Å²) in [5, 5.41) is 14.6. The van der Waals surface area contributed by atoms with Gasteiger partial charge in [-0.1, -0.05) is 12.1 Å². The van der Waals surface area contributed by atoms with E-state index < -0.39 is 10.8 Å². The summed E-state index contributed by atoms with van der Waals surface area (Å²) in [5.41, 5.74) is 6.01. The molecule has 0 aliphatic carbocycles. The number of rotatable bonds is 5. The van der Waals surface area contributed by atoms with Crippen LogP contribution in [0.3, 0.4) is 0 Å². The summed E-state index contributed by atoms with van der Waals surface area (Å²) in [5.74, 6) is -0.406. The van der Waals surface area contributed by atoms with Crippen molar-refractivity contribution < 1.29 is 9.72 Å². The average Bonchev–Trinajstić information content (AvgIpc) is 2.37. The maximum absolute atomic E-state index is 10.9. The van der Waals surface area contributed by atoms with Gasteiger partial charge in [-0.2, -0.15) is 0 Å². The number of nitrogens with one attached hydrogen (secondary N) is 1. The number of primary amides is 1. The molecule has 19 heavy (non-hydrogen) atoms. The molecule has 0 atom stereocenters. The van der Waals surface area contributed by atoms with E-state index in [9.17, 15) is 14.9 Å². The Morgan fingerprint density at radius 1 is 1.42 bits per heavy atom. The zero-order valence-electron chi connectivity index (χ0n) is 10.00. The first kappa shape index (κ1) is 12.7. The van der Waals surface area contributed by atoms with Gasteiger partial charge in [0.15, 0.2) is 0 Å². The number of amides is 1. The number of nitrogens with zero attached hydrogens (tertiary/aromatic N) is 2. The molecule has 0 radical (unpaired) electrons. The van der Waals surface area contributed by atoms with Gasteiger partial charge in [0.2, 0.25) is 5.91 Å². The van der Waals surface area contributed by atoms with Crippen molar-refractivity contribution in [1.82, 2.24) is 4.98 Å². The van der Waals surface area contributed by atoms with Crippen LogP contribution in [-0.2, 0) is 4.79 Å². The SMILES string of the molecule is NC(=O)CCNc1ccnc2c([N+](=O)[O-])cccc12. The predicted octanol–water partition coefficient (Wildman–Crippen LogP) is 1.43. The summed E-state index contributed by atoms with van der Waals surface area (Å²) in [6.45, 7) is 0.372. The van der Waals surface area contributed by atoms with E-state index in [0.29, 0.717) is 23.1 Å². The lowest BCUT2D eigenvalue weighted by Crippen LogP contribution is -2.15. The first-order valence-electron chi connectivity index (χ1n) is 5.64. The minimum absolute atomic E-state index is 0.0453. The van der Waals surface area contributed by atoms with Crippen molar-refractivity contribution in [1.29, 1.82) is 0 Å². The summed E-state index contributed by atoms with van der Waals surface area (Å²) in [7, 11) is 0. The van der Waals surface area contributed by atoms with Gasteiger partial charge in [-0.25, -0.2) is 4.98 Å². The Hall–Kier alpha value is -2.70. The molecule has 0 fully saturated rings. The van der Waals surface area contributed by atoms with Crippen molar-refractivity contribution in [3.05, 3.63) is 40.6 Å².